The Kier molecular flexibility index (Phi) is 3.13. The van der Waals surface area contributed by atoms with Crippen molar-refractivity contribution in [2.45, 2.75) is 0 Å². The first-order valence-corrected chi connectivity index (χ1v) is 5.00. The Morgan fingerprint density at radius 3 is 2.88 bits per heavy atom. The van der Waals surface area contributed by atoms with Gasteiger partial charge in [0.25, 0.3) is 0 Å². The van der Waals surface area contributed by atoms with Gasteiger partial charge in [0.05, 0.1) is 12.0 Å². The van der Waals surface area contributed by atoms with Gasteiger partial charge in [-0.3, -0.25) is 10.1 Å². The normalized spacial score (nSPS) is 13.7. The maximum Gasteiger partial charge on any atom is 0.235 e. The molecule has 6 heteroatoms. The standard InChI is InChI=1S/C11H11NO5/c1-15-9-6-8(2-3-12(13)14)7-10-11(9)17-5-4-16-10/h2-3,6-7H,4-5H2,1H3/b3-2+. The van der Waals surface area contributed by atoms with E-state index in [0.29, 0.717) is 36.0 Å². The van der Waals surface area contributed by atoms with Crippen LogP contribution in [-0.2, 0) is 0 Å². The van der Waals surface area contributed by atoms with E-state index < -0.39 is 4.92 Å². The summed E-state index contributed by atoms with van der Waals surface area (Å²) in [6.07, 6.45) is 2.24. The van der Waals surface area contributed by atoms with Gasteiger partial charge in [0.2, 0.25) is 11.9 Å². The topological polar surface area (TPSA) is 70.8 Å². The lowest BCUT2D eigenvalue weighted by Crippen LogP contribution is -2.16. The number of benzene rings is 1. The molecule has 0 bridgehead atoms. The fourth-order valence-electron chi connectivity index (χ4n) is 1.54. The predicted octanol–water partition coefficient (Wildman–Crippen LogP) is 1.71. The number of hydrogen-bond donors (Lipinski definition) is 0. The first-order chi connectivity index (χ1) is 8.20. The Hall–Kier alpha value is -2.24. The molecular weight excluding hydrogens is 226 g/mol. The van der Waals surface area contributed by atoms with Crippen LogP contribution >= 0.6 is 0 Å². The third-order valence-corrected chi connectivity index (χ3v) is 2.24. The number of nitro groups is 1. The van der Waals surface area contributed by atoms with Gasteiger partial charge in [0.1, 0.15) is 13.2 Å². The second-order valence-corrected chi connectivity index (χ2v) is 3.35. The number of fused-ring (bicyclic) bond motifs is 1. The molecule has 0 radical (unpaired) electrons. The van der Waals surface area contributed by atoms with Crippen LogP contribution in [0.4, 0.5) is 0 Å². The van der Waals surface area contributed by atoms with E-state index in [0.717, 1.165) is 6.20 Å². The molecule has 0 saturated carbocycles. The minimum Gasteiger partial charge on any atom is -0.493 e. The minimum absolute atomic E-state index is 0.457. The predicted molar refractivity (Wildman–Crippen MR) is 60.0 cm³/mol. The van der Waals surface area contributed by atoms with Crippen LogP contribution in [-0.4, -0.2) is 25.2 Å². The van der Waals surface area contributed by atoms with E-state index in [1.165, 1.54) is 13.2 Å². The molecule has 0 aromatic heterocycles. The molecule has 90 valence electrons. The van der Waals surface area contributed by atoms with Crippen molar-refractivity contribution in [3.8, 4) is 17.2 Å². The average Bonchev–Trinajstić information content (AvgIpc) is 2.35. The van der Waals surface area contributed by atoms with Gasteiger partial charge in [-0.05, 0) is 17.7 Å². The van der Waals surface area contributed by atoms with Gasteiger partial charge in [-0.1, -0.05) is 0 Å². The van der Waals surface area contributed by atoms with Crippen molar-refractivity contribution in [1.29, 1.82) is 0 Å². The Morgan fingerprint density at radius 2 is 2.18 bits per heavy atom. The number of hydrogen-bond acceptors (Lipinski definition) is 5. The summed E-state index contributed by atoms with van der Waals surface area (Å²) in [5.74, 6) is 1.58. The lowest BCUT2D eigenvalue weighted by atomic mass is 10.1. The van der Waals surface area contributed by atoms with Gasteiger partial charge in [0, 0.05) is 6.08 Å². The van der Waals surface area contributed by atoms with Crippen LogP contribution < -0.4 is 14.2 Å². The van der Waals surface area contributed by atoms with E-state index >= 15 is 0 Å². The molecule has 0 amide bonds. The zero-order valence-electron chi connectivity index (χ0n) is 9.21. The molecule has 1 heterocycles. The monoisotopic (exact) mass is 237 g/mol. The summed E-state index contributed by atoms with van der Waals surface area (Å²) in [6.45, 7) is 0.923. The summed E-state index contributed by atoms with van der Waals surface area (Å²) in [6, 6.07) is 3.34. The molecule has 6 nitrogen and oxygen atoms in total. The van der Waals surface area contributed by atoms with Gasteiger partial charge >= 0.3 is 0 Å². The quantitative estimate of drug-likeness (QED) is 0.591. The molecule has 1 aromatic carbocycles. The summed E-state index contributed by atoms with van der Waals surface area (Å²) < 4.78 is 16.0. The Balaban J connectivity index is 2.39. The van der Waals surface area contributed by atoms with E-state index in [9.17, 15) is 10.1 Å². The molecule has 0 saturated heterocycles. The third kappa shape index (κ3) is 2.47. The minimum atomic E-state index is -0.525. The number of ether oxygens (including phenoxy) is 3. The van der Waals surface area contributed by atoms with Crippen LogP contribution in [0.25, 0.3) is 6.08 Å². The summed E-state index contributed by atoms with van der Waals surface area (Å²) in [5, 5.41) is 10.2. The van der Waals surface area contributed by atoms with Crippen molar-refractivity contribution in [2.75, 3.05) is 20.3 Å². The van der Waals surface area contributed by atoms with Crippen molar-refractivity contribution >= 4 is 6.08 Å². The van der Waals surface area contributed by atoms with Gasteiger partial charge in [-0.25, -0.2) is 0 Å². The van der Waals surface area contributed by atoms with Crippen LogP contribution in [0.1, 0.15) is 5.56 Å². The molecule has 1 aromatic rings. The summed E-state index contributed by atoms with van der Waals surface area (Å²) in [7, 11) is 1.51. The largest absolute Gasteiger partial charge is 0.493 e. The Labute approximate surface area is 97.6 Å². The molecule has 0 fully saturated rings. The van der Waals surface area contributed by atoms with E-state index in [1.54, 1.807) is 12.1 Å². The van der Waals surface area contributed by atoms with Gasteiger partial charge in [-0.2, -0.15) is 0 Å². The highest BCUT2D eigenvalue weighted by atomic mass is 16.6. The first kappa shape index (κ1) is 11.3. The number of nitrogens with zero attached hydrogens (tertiary/aromatic N) is 1. The molecule has 0 spiro atoms. The number of methoxy groups -OCH3 is 1. The van der Waals surface area contributed by atoms with E-state index in [1.807, 2.05) is 0 Å². The molecular formula is C11H11NO5. The van der Waals surface area contributed by atoms with Crippen LogP contribution in [0, 0.1) is 10.1 Å². The molecule has 0 aliphatic carbocycles. The molecule has 0 N–H and O–H groups in total. The summed E-state index contributed by atoms with van der Waals surface area (Å²) >= 11 is 0. The van der Waals surface area contributed by atoms with Gasteiger partial charge < -0.3 is 14.2 Å². The highest BCUT2D eigenvalue weighted by Gasteiger charge is 2.17. The van der Waals surface area contributed by atoms with Crippen molar-refractivity contribution in [3.05, 3.63) is 34.0 Å². The molecule has 2 rings (SSSR count). The SMILES string of the molecule is COc1cc(/C=C/[N+](=O)[O-])cc2c1OCCO2. The van der Waals surface area contributed by atoms with Crippen LogP contribution in [0.2, 0.25) is 0 Å². The van der Waals surface area contributed by atoms with Crippen molar-refractivity contribution in [3.63, 3.8) is 0 Å². The third-order valence-electron chi connectivity index (χ3n) is 2.24. The molecule has 0 atom stereocenters. The molecule has 0 unspecified atom stereocenters. The zero-order valence-corrected chi connectivity index (χ0v) is 9.21. The Bertz CT molecular complexity index is 452. The second kappa shape index (κ2) is 4.73. The second-order valence-electron chi connectivity index (χ2n) is 3.35. The lowest BCUT2D eigenvalue weighted by molar-refractivity contribution is -0.400. The van der Waals surface area contributed by atoms with Crippen molar-refractivity contribution in [2.24, 2.45) is 0 Å². The van der Waals surface area contributed by atoms with Crippen LogP contribution in [0.3, 0.4) is 0 Å². The van der Waals surface area contributed by atoms with Crippen molar-refractivity contribution in [1.82, 2.24) is 0 Å². The maximum absolute atomic E-state index is 10.2. The summed E-state index contributed by atoms with van der Waals surface area (Å²) in [4.78, 5) is 9.72. The zero-order chi connectivity index (χ0) is 12.3. The Morgan fingerprint density at radius 1 is 1.41 bits per heavy atom. The highest BCUT2D eigenvalue weighted by molar-refractivity contribution is 5.62. The van der Waals surface area contributed by atoms with Gasteiger partial charge in [-0.15, -0.1) is 0 Å². The maximum atomic E-state index is 10.2. The number of rotatable bonds is 3. The van der Waals surface area contributed by atoms with Gasteiger partial charge in [0.15, 0.2) is 11.5 Å². The molecule has 1 aliphatic heterocycles. The van der Waals surface area contributed by atoms with E-state index in [2.05, 4.69) is 0 Å². The smallest absolute Gasteiger partial charge is 0.235 e. The fraction of sp³-hybridized carbons (Fsp3) is 0.273. The summed E-state index contributed by atoms with van der Waals surface area (Å²) in [5.41, 5.74) is 0.628. The van der Waals surface area contributed by atoms with E-state index in [4.69, 9.17) is 14.2 Å². The molecule has 1 aliphatic rings. The van der Waals surface area contributed by atoms with E-state index in [-0.39, 0.29) is 0 Å². The van der Waals surface area contributed by atoms with Crippen LogP contribution in [0.15, 0.2) is 18.3 Å². The average molecular weight is 237 g/mol. The van der Waals surface area contributed by atoms with Crippen LogP contribution in [0.5, 0.6) is 17.2 Å². The first-order valence-electron chi connectivity index (χ1n) is 5.00. The van der Waals surface area contributed by atoms with Crippen molar-refractivity contribution < 1.29 is 19.1 Å². The molecule has 17 heavy (non-hydrogen) atoms. The fourth-order valence-corrected chi connectivity index (χ4v) is 1.54. The highest BCUT2D eigenvalue weighted by Crippen LogP contribution is 2.40. The lowest BCUT2D eigenvalue weighted by Gasteiger charge is -2.20.